The molecule has 2 aliphatic carbocycles. The Kier molecular flexibility index (Phi) is 36.7. The van der Waals surface area contributed by atoms with E-state index in [9.17, 15) is 60.0 Å². The van der Waals surface area contributed by atoms with Crippen molar-refractivity contribution in [3.63, 3.8) is 0 Å². The van der Waals surface area contributed by atoms with Gasteiger partial charge in [-0.05, 0) is 192 Å². The quantitative estimate of drug-likeness (QED) is 0.0116. The monoisotopic (exact) mass is 1640 g/mol. The molecular weight excluding hydrogens is 1550 g/mol. The average Bonchev–Trinajstić information content (AvgIpc) is 1.60. The Morgan fingerprint density at radius 2 is 0.861 bits per heavy atom. The van der Waals surface area contributed by atoms with Crippen molar-refractivity contribution in [3.05, 3.63) is 320 Å². The highest BCUT2D eigenvalue weighted by atomic mass is 32.2. The molecular formula is C91H94F3NO16S4. The molecule has 0 amide bonds. The van der Waals surface area contributed by atoms with Gasteiger partial charge >= 0.3 is 36.0 Å². The molecule has 13 rings (SSSR count). The summed E-state index contributed by atoms with van der Waals surface area (Å²) in [6, 6.07) is 89.6. The van der Waals surface area contributed by atoms with Gasteiger partial charge in [0.05, 0.1) is 58.0 Å². The van der Waals surface area contributed by atoms with Gasteiger partial charge in [-0.25, -0.2) is 27.6 Å². The molecule has 9 aromatic rings. The summed E-state index contributed by atoms with van der Waals surface area (Å²) in [6.07, 6.45) is -1.97. The molecule has 0 N–H and O–H groups in total. The maximum absolute atomic E-state index is 12.0. The summed E-state index contributed by atoms with van der Waals surface area (Å²) in [5.41, 5.74) is 2.85. The van der Waals surface area contributed by atoms with Crippen LogP contribution in [0, 0.1) is 31.6 Å². The van der Waals surface area contributed by atoms with Crippen LogP contribution in [0.2, 0.25) is 0 Å². The molecule has 4 fully saturated rings. The van der Waals surface area contributed by atoms with E-state index in [1.165, 1.54) is 64.8 Å². The fraction of sp³-hybridized carbons (Fsp3) is 0.253. The number of carboxylic acid groups (broad SMARTS) is 1. The van der Waals surface area contributed by atoms with Crippen molar-refractivity contribution < 1.29 is 88.4 Å². The Bertz CT molecular complexity index is 4400. The topological polar surface area (TPSA) is 252 Å². The molecule has 6 unspecified atom stereocenters. The average molecular weight is 1640 g/mol. The first kappa shape index (κ1) is 91.6. The third-order valence-electron chi connectivity index (χ3n) is 17.4. The minimum absolute atomic E-state index is 0.0146. The van der Waals surface area contributed by atoms with Crippen molar-refractivity contribution in [2.24, 2.45) is 17.8 Å². The Labute approximate surface area is 680 Å². The Morgan fingerprint density at radius 1 is 0.504 bits per heavy atom. The lowest BCUT2D eigenvalue weighted by molar-refractivity contribution is -0.299. The first-order valence-electron chi connectivity index (χ1n) is 36.7. The fourth-order valence-corrected chi connectivity index (χ4v) is 19.0. The maximum Gasteiger partial charge on any atom is 0.371 e. The lowest BCUT2D eigenvalue weighted by Crippen LogP contribution is -2.45. The third-order valence-corrected chi connectivity index (χ3v) is 24.6. The minimum Gasteiger partial charge on any atom is -0.748 e. The third kappa shape index (κ3) is 30.3. The van der Waals surface area contributed by atoms with Crippen LogP contribution in [0.3, 0.4) is 0 Å². The summed E-state index contributed by atoms with van der Waals surface area (Å²) in [5.74, 6) is -3.26. The van der Waals surface area contributed by atoms with Gasteiger partial charge in [0.15, 0.2) is 44.1 Å². The zero-order valence-corrected chi connectivity index (χ0v) is 68.1. The number of aryl methyl sites for hydroxylation is 2. The minimum atomic E-state index is -4.56. The normalized spacial score (nSPS) is 16.6. The molecule has 2 saturated carbocycles. The largest absolute Gasteiger partial charge is 0.748 e. The van der Waals surface area contributed by atoms with E-state index in [-0.39, 0.29) is 86.7 Å². The van der Waals surface area contributed by atoms with E-state index in [1.54, 1.807) is 6.92 Å². The van der Waals surface area contributed by atoms with Crippen LogP contribution in [-0.2, 0) is 95.3 Å². The number of hydrogen-bond acceptors (Lipinski definition) is 16. The molecule has 2 saturated heterocycles. The second kappa shape index (κ2) is 46.1. The number of carbonyl (C=O) groups excluding carboxylic acids is 6. The van der Waals surface area contributed by atoms with Crippen LogP contribution >= 0.6 is 0 Å². The van der Waals surface area contributed by atoms with Gasteiger partial charge in [0.1, 0.15) is 27.7 Å². The van der Waals surface area contributed by atoms with Gasteiger partial charge < -0.3 is 48.2 Å². The van der Waals surface area contributed by atoms with Crippen molar-refractivity contribution in [2.75, 3.05) is 38.7 Å². The number of alkyl halides is 3. The molecule has 2 bridgehead atoms. The van der Waals surface area contributed by atoms with Gasteiger partial charge in [0, 0.05) is 41.9 Å². The first-order valence-corrected chi connectivity index (χ1v) is 41.9. The molecule has 0 radical (unpaired) electrons. The second-order valence-electron chi connectivity index (χ2n) is 26.8. The number of aliphatic carboxylic acids is 1. The zero-order chi connectivity index (χ0) is 83.6. The predicted octanol–water partition coefficient (Wildman–Crippen LogP) is 17.1. The summed E-state index contributed by atoms with van der Waals surface area (Å²) in [5, 5.41) is 12.6. The molecule has 0 spiro atoms. The Balaban J connectivity index is 0.000000191. The maximum atomic E-state index is 12.0. The fourth-order valence-electron chi connectivity index (χ4n) is 12.2. The first-order chi connectivity index (χ1) is 54.9. The number of carboxylic acids is 1. The Hall–Kier alpha value is -10.6. The molecule has 4 aliphatic rings. The van der Waals surface area contributed by atoms with Gasteiger partial charge in [-0.15, -0.1) is 6.54 Å². The standard InChI is InChI=1S/C24H23O2S.2C18H15S.C11H16O6S.C8H11F3NO2.C8H10O4.C4H6O2/c1-17(2)24(25)26-23-18(3)15-22(16-19(23)4)27(20-11-7-5-8-12-20)21-13-9-6-10-14-21;2*1-4-10-16(11-5-1)19(17-12-6-2-7-13-17)18-14-8-3-9-15-18;12-9(5-18(13,14)15)17-10-7-3-6-1-2-16-11(10)8(6)4-7;1-6(2)7(13)14-4-3-12-5-8(9,10)11;1-5(2)7(9)12-6-3-4-11-8(6)10;1-3(2)4(5)6/h5-16H,1H2,2-4H3;2*1-15H;6-8,10-11H,1-5H2,(H,13,14,15);1,3-5H2,2H3;6H,1,3-4H2,2H3;1H2,2H3,(H,5,6)/q3*+1;;-1;;/p-2. The number of ether oxygens (including phenoxy) is 6. The van der Waals surface area contributed by atoms with Crippen molar-refractivity contribution in [1.29, 1.82) is 0 Å². The summed E-state index contributed by atoms with van der Waals surface area (Å²) in [7, 11) is -4.82. The molecule has 17 nitrogen and oxygen atoms in total. The smallest absolute Gasteiger partial charge is 0.371 e. The van der Waals surface area contributed by atoms with E-state index in [0.29, 0.717) is 42.8 Å². The molecule has 2 heterocycles. The summed E-state index contributed by atoms with van der Waals surface area (Å²) in [6.45, 7) is 22.9. The van der Waals surface area contributed by atoms with E-state index in [0.717, 1.165) is 30.4 Å². The highest BCUT2D eigenvalue weighted by Gasteiger charge is 2.56. The van der Waals surface area contributed by atoms with Crippen LogP contribution in [0.1, 0.15) is 64.5 Å². The van der Waals surface area contributed by atoms with Crippen LogP contribution < -0.4 is 9.84 Å². The summed E-state index contributed by atoms with van der Waals surface area (Å²) >= 11 is 0. The molecule has 0 aromatic heterocycles. The lowest BCUT2D eigenvalue weighted by atomic mass is 9.81. The number of esters is 5. The highest BCUT2D eigenvalue weighted by molar-refractivity contribution is 7.97. The number of halogens is 3. The van der Waals surface area contributed by atoms with Crippen LogP contribution in [0.5, 0.6) is 5.75 Å². The predicted molar refractivity (Wildman–Crippen MR) is 438 cm³/mol. The van der Waals surface area contributed by atoms with Crippen LogP contribution in [0.4, 0.5) is 13.2 Å². The highest BCUT2D eigenvalue weighted by Crippen LogP contribution is 2.54. The molecule has 6 atom stereocenters. The lowest BCUT2D eigenvalue weighted by Gasteiger charge is -2.39. The van der Waals surface area contributed by atoms with E-state index in [1.807, 2.05) is 26.0 Å². The van der Waals surface area contributed by atoms with E-state index in [2.05, 4.69) is 284 Å². The van der Waals surface area contributed by atoms with Crippen molar-refractivity contribution in [1.82, 2.24) is 0 Å². The number of rotatable bonds is 22. The van der Waals surface area contributed by atoms with Crippen molar-refractivity contribution in [3.8, 4) is 5.75 Å². The SMILES string of the molecule is C=C(C)C(=O)OC1CCOC1=O.C=C(C)C(=O)OCC[N-]CC(F)(F)F.C=C(C)C(=O)Oc1c(C)cc([S+](c2ccccc2)c2ccccc2)cc1C.C=C(C)C(=O)[O-].O=C(CS(=O)(=O)[O-])OC1C2CC3CCOC1C3C2.c1ccc([S+](c2ccccc2)c2ccccc2)cc1.c1ccc([S+](c2ccccc2)c2ccccc2)cc1. The summed E-state index contributed by atoms with van der Waals surface area (Å²) < 4.78 is 96.4. The van der Waals surface area contributed by atoms with Gasteiger partial charge in [-0.3, -0.25) is 4.79 Å². The number of hydrogen-bond donors (Lipinski definition) is 0. The molecule has 115 heavy (non-hydrogen) atoms. The van der Waals surface area contributed by atoms with E-state index in [4.69, 9.17) is 18.9 Å². The number of cyclic esters (lactones) is 1. The number of fused-ring (bicyclic) bond motifs is 1. The van der Waals surface area contributed by atoms with Crippen LogP contribution in [0.25, 0.3) is 5.32 Å². The van der Waals surface area contributed by atoms with Gasteiger partial charge in [-0.1, -0.05) is 178 Å². The molecule has 9 aromatic carbocycles. The van der Waals surface area contributed by atoms with Gasteiger partial charge in [0.25, 0.3) is 0 Å². The van der Waals surface area contributed by atoms with E-state index >= 15 is 0 Å². The summed E-state index contributed by atoms with van der Waals surface area (Å²) in [4.78, 5) is 77.2. The number of nitrogens with zero attached hydrogens (tertiary/aromatic N) is 1. The zero-order valence-electron chi connectivity index (χ0n) is 64.9. The molecule has 2 aliphatic heterocycles. The van der Waals surface area contributed by atoms with Crippen molar-refractivity contribution >= 4 is 78.6 Å². The Morgan fingerprint density at radius 3 is 1.17 bits per heavy atom. The molecule has 24 heteroatoms. The van der Waals surface area contributed by atoms with Gasteiger partial charge in [-0.2, -0.15) is 13.2 Å². The second-order valence-corrected chi connectivity index (χ2v) is 34.2. The van der Waals surface area contributed by atoms with Crippen molar-refractivity contribution in [2.45, 2.75) is 136 Å². The van der Waals surface area contributed by atoms with Crippen LogP contribution in [0.15, 0.2) is 347 Å². The van der Waals surface area contributed by atoms with Gasteiger partial charge in [0.2, 0.25) is 6.10 Å². The number of carbonyl (C=O) groups is 6. The van der Waals surface area contributed by atoms with E-state index < -0.39 is 64.5 Å². The number of benzene rings is 9. The molecule has 604 valence electrons. The van der Waals surface area contributed by atoms with Crippen LogP contribution in [-0.4, -0.2) is 112 Å².